The molecule has 1 heterocycles. The molecule has 0 aromatic heterocycles. The van der Waals surface area contributed by atoms with Gasteiger partial charge in [-0.1, -0.05) is 6.07 Å². The zero-order valence-corrected chi connectivity index (χ0v) is 12.8. The van der Waals surface area contributed by atoms with Crippen LogP contribution in [0.25, 0.3) is 0 Å². The normalized spacial score (nSPS) is 20.9. The summed E-state index contributed by atoms with van der Waals surface area (Å²) in [6.07, 6.45) is -12.2. The third-order valence-corrected chi connectivity index (χ3v) is 3.33. The van der Waals surface area contributed by atoms with Crippen molar-refractivity contribution >= 4 is 17.3 Å². The molecule has 1 aliphatic heterocycles. The number of hydrogen-bond acceptors (Lipinski definition) is 6. The van der Waals surface area contributed by atoms with Gasteiger partial charge >= 0.3 is 12.5 Å². The molecule has 0 aliphatic carbocycles. The number of nitro benzene ring substituents is 1. The molecule has 1 aromatic rings. The summed E-state index contributed by atoms with van der Waals surface area (Å²) in [6.45, 7) is 1.09. The van der Waals surface area contributed by atoms with E-state index in [9.17, 15) is 42.0 Å². The lowest BCUT2D eigenvalue weighted by atomic mass is 10.1. The molecule has 0 bridgehead atoms. The highest BCUT2D eigenvalue weighted by Gasteiger charge is 2.66. The Morgan fingerprint density at radius 2 is 2.00 bits per heavy atom. The number of rotatable bonds is 4. The zero-order chi connectivity index (χ0) is 19.9. The summed E-state index contributed by atoms with van der Waals surface area (Å²) >= 11 is 0. The quantitative estimate of drug-likeness (QED) is 0.489. The molecule has 1 unspecified atom stereocenters. The highest BCUT2D eigenvalue weighted by Crippen LogP contribution is 2.43. The van der Waals surface area contributed by atoms with Gasteiger partial charge in [-0.15, -0.1) is 13.2 Å². The Morgan fingerprint density at radius 3 is 2.54 bits per heavy atom. The number of nitro groups is 1. The Balaban J connectivity index is 2.44. The average molecular weight is 383 g/mol. The Morgan fingerprint density at radius 1 is 1.38 bits per heavy atom. The SMILES string of the molecule is CC1=NN(C(=O)c2cccc([N+](=O)[O-])c2)C(O)(C(F)(F)OC(F)(F)F)C1. The fourth-order valence-electron chi connectivity index (χ4n) is 2.26. The Kier molecular flexibility index (Phi) is 4.72. The highest BCUT2D eigenvalue weighted by molar-refractivity contribution is 5.98. The van der Waals surface area contributed by atoms with Gasteiger partial charge in [0.05, 0.1) is 4.92 Å². The molecule has 1 aromatic carbocycles. The molecule has 0 radical (unpaired) electrons. The average Bonchev–Trinajstić information content (AvgIpc) is 2.81. The van der Waals surface area contributed by atoms with Gasteiger partial charge in [0.2, 0.25) is 0 Å². The van der Waals surface area contributed by atoms with Gasteiger partial charge < -0.3 is 5.11 Å². The van der Waals surface area contributed by atoms with Crippen molar-refractivity contribution in [3.63, 3.8) is 0 Å². The summed E-state index contributed by atoms with van der Waals surface area (Å²) in [7, 11) is 0. The first-order chi connectivity index (χ1) is 11.8. The lowest BCUT2D eigenvalue weighted by molar-refractivity contribution is -0.468. The first-order valence-electron chi connectivity index (χ1n) is 6.77. The van der Waals surface area contributed by atoms with Crippen LogP contribution in [0.1, 0.15) is 23.7 Å². The number of hydrogen-bond donors (Lipinski definition) is 1. The van der Waals surface area contributed by atoms with E-state index in [1.54, 1.807) is 0 Å². The van der Waals surface area contributed by atoms with Crippen molar-refractivity contribution in [1.29, 1.82) is 0 Å². The van der Waals surface area contributed by atoms with E-state index in [1.807, 2.05) is 0 Å². The van der Waals surface area contributed by atoms with Crippen LogP contribution in [0, 0.1) is 10.1 Å². The topological polar surface area (TPSA) is 105 Å². The third kappa shape index (κ3) is 3.62. The van der Waals surface area contributed by atoms with Gasteiger partial charge in [-0.2, -0.15) is 18.9 Å². The monoisotopic (exact) mass is 383 g/mol. The molecule has 1 amide bonds. The van der Waals surface area contributed by atoms with Crippen LogP contribution in [0.4, 0.5) is 27.6 Å². The molecular weight excluding hydrogens is 373 g/mol. The highest BCUT2D eigenvalue weighted by atomic mass is 19.4. The number of aliphatic hydroxyl groups is 1. The number of alkyl halides is 5. The first-order valence-corrected chi connectivity index (χ1v) is 6.77. The molecule has 0 fully saturated rings. The summed E-state index contributed by atoms with van der Waals surface area (Å²) in [4.78, 5) is 22.2. The van der Waals surface area contributed by atoms with Crippen LogP contribution < -0.4 is 0 Å². The minimum atomic E-state index is -5.81. The maximum absolute atomic E-state index is 13.9. The van der Waals surface area contributed by atoms with Crippen molar-refractivity contribution in [3.05, 3.63) is 39.9 Å². The molecule has 0 saturated heterocycles. The number of halogens is 5. The number of benzene rings is 1. The number of nitrogens with zero attached hydrogens (tertiary/aromatic N) is 3. The van der Waals surface area contributed by atoms with Crippen molar-refractivity contribution in [3.8, 4) is 0 Å². The van der Waals surface area contributed by atoms with Gasteiger partial charge in [-0.05, 0) is 13.0 Å². The van der Waals surface area contributed by atoms with E-state index in [0.29, 0.717) is 6.07 Å². The standard InChI is InChI=1S/C13H10F5N3O5/c1-7-6-11(23,12(14,15)26-13(16,17)18)20(19-7)10(22)8-3-2-4-9(5-8)21(24)25/h2-5,23H,6H2,1H3. The summed E-state index contributed by atoms with van der Waals surface area (Å²) in [5.74, 6) is -1.47. The number of hydrazone groups is 1. The van der Waals surface area contributed by atoms with Crippen LogP contribution in [-0.2, 0) is 4.74 Å². The van der Waals surface area contributed by atoms with Gasteiger partial charge in [0.1, 0.15) is 0 Å². The van der Waals surface area contributed by atoms with Crippen molar-refractivity contribution in [1.82, 2.24) is 5.01 Å². The van der Waals surface area contributed by atoms with E-state index >= 15 is 0 Å². The van der Waals surface area contributed by atoms with Crippen LogP contribution in [-0.4, -0.2) is 44.9 Å². The van der Waals surface area contributed by atoms with E-state index in [4.69, 9.17) is 0 Å². The lowest BCUT2D eigenvalue weighted by Crippen LogP contribution is -2.61. The Hall–Kier alpha value is -2.67. The number of non-ortho nitro benzene ring substituents is 1. The van der Waals surface area contributed by atoms with E-state index < -0.39 is 46.7 Å². The van der Waals surface area contributed by atoms with Crippen LogP contribution in [0.2, 0.25) is 0 Å². The first kappa shape index (κ1) is 19.7. The van der Waals surface area contributed by atoms with Crippen molar-refractivity contribution < 1.29 is 41.5 Å². The third-order valence-electron chi connectivity index (χ3n) is 3.33. The number of carbonyl (C=O) groups is 1. The van der Waals surface area contributed by atoms with Gasteiger partial charge in [0.25, 0.3) is 17.3 Å². The maximum Gasteiger partial charge on any atom is 0.527 e. The molecule has 0 spiro atoms. The minimum Gasteiger partial charge on any atom is -0.362 e. The Bertz CT molecular complexity index is 782. The van der Waals surface area contributed by atoms with Crippen LogP contribution in [0.15, 0.2) is 29.4 Å². The molecule has 26 heavy (non-hydrogen) atoms. The minimum absolute atomic E-state index is 0.271. The second-order valence-corrected chi connectivity index (χ2v) is 5.32. The van der Waals surface area contributed by atoms with E-state index in [2.05, 4.69) is 9.84 Å². The smallest absolute Gasteiger partial charge is 0.362 e. The predicted molar refractivity (Wildman–Crippen MR) is 74.0 cm³/mol. The zero-order valence-electron chi connectivity index (χ0n) is 12.8. The summed E-state index contributed by atoms with van der Waals surface area (Å²) < 4.78 is 67.3. The van der Waals surface area contributed by atoms with E-state index in [-0.39, 0.29) is 10.7 Å². The fraction of sp³-hybridized carbons (Fsp3) is 0.385. The molecule has 2 rings (SSSR count). The fourth-order valence-corrected chi connectivity index (χ4v) is 2.26. The molecule has 1 aliphatic rings. The molecule has 1 atom stereocenters. The van der Waals surface area contributed by atoms with Crippen LogP contribution in [0.3, 0.4) is 0 Å². The van der Waals surface area contributed by atoms with Gasteiger partial charge in [-0.25, -0.2) is 4.74 Å². The van der Waals surface area contributed by atoms with Gasteiger partial charge in [0.15, 0.2) is 0 Å². The second-order valence-electron chi connectivity index (χ2n) is 5.32. The second kappa shape index (κ2) is 6.25. The number of amides is 1. The summed E-state index contributed by atoms with van der Waals surface area (Å²) in [6, 6.07) is 3.75. The molecule has 1 N–H and O–H groups in total. The Labute approximate surface area is 141 Å². The van der Waals surface area contributed by atoms with Crippen LogP contribution in [0.5, 0.6) is 0 Å². The molecule has 13 heteroatoms. The van der Waals surface area contributed by atoms with Crippen molar-refractivity contribution in [2.75, 3.05) is 0 Å². The van der Waals surface area contributed by atoms with E-state index in [1.165, 1.54) is 0 Å². The summed E-state index contributed by atoms with van der Waals surface area (Å²) in [5, 5.41) is 23.9. The molecule has 8 nitrogen and oxygen atoms in total. The van der Waals surface area contributed by atoms with Crippen molar-refractivity contribution in [2.24, 2.45) is 5.10 Å². The molecular formula is C13H10F5N3O5. The maximum atomic E-state index is 13.9. The van der Waals surface area contributed by atoms with Gasteiger partial charge in [0, 0.05) is 29.8 Å². The van der Waals surface area contributed by atoms with E-state index in [0.717, 1.165) is 25.1 Å². The number of carbonyl (C=O) groups excluding carboxylic acids is 1. The molecule has 142 valence electrons. The lowest BCUT2D eigenvalue weighted by Gasteiger charge is -2.36. The van der Waals surface area contributed by atoms with Crippen molar-refractivity contribution in [2.45, 2.75) is 31.5 Å². The van der Waals surface area contributed by atoms with Gasteiger partial charge in [-0.3, -0.25) is 14.9 Å². The largest absolute Gasteiger partial charge is 0.527 e. The predicted octanol–water partition coefficient (Wildman–Crippen LogP) is 2.63. The summed E-state index contributed by atoms with van der Waals surface area (Å²) in [5.41, 5.74) is -5.16. The molecule has 0 saturated carbocycles. The van der Waals surface area contributed by atoms with Crippen LogP contribution >= 0.6 is 0 Å². The number of ether oxygens (including phenoxy) is 1.